The maximum atomic E-state index is 2.51. The molecule has 0 bridgehead atoms. The van der Waals surface area contributed by atoms with Gasteiger partial charge in [0.25, 0.3) is 0 Å². The molecule has 136 valence electrons. The van der Waals surface area contributed by atoms with Gasteiger partial charge in [-0.05, 0) is 11.1 Å². The van der Waals surface area contributed by atoms with E-state index in [1.165, 1.54) is 11.1 Å². The Hall–Kier alpha value is -2.38. The van der Waals surface area contributed by atoms with Crippen molar-refractivity contribution in [1.29, 1.82) is 0 Å². The molecule has 0 radical (unpaired) electrons. The van der Waals surface area contributed by atoms with Crippen LogP contribution in [-0.4, -0.2) is 8.07 Å². The van der Waals surface area contributed by atoms with Crippen LogP contribution in [0.1, 0.15) is 11.1 Å². The van der Waals surface area contributed by atoms with Crippen LogP contribution in [0.2, 0.25) is 24.7 Å². The van der Waals surface area contributed by atoms with E-state index in [-0.39, 0.29) is 10.5 Å². The topological polar surface area (TPSA) is 0 Å². The Bertz CT molecular complexity index is 844. The van der Waals surface area contributed by atoms with Gasteiger partial charge in [0, 0.05) is 16.4 Å². The Kier molecular flexibility index (Phi) is 4.43. The molecule has 0 amide bonds. The summed E-state index contributed by atoms with van der Waals surface area (Å²) < 4.78 is 0. The quantitative estimate of drug-likeness (QED) is 0.502. The molecule has 27 heavy (non-hydrogen) atoms. The second-order valence-corrected chi connectivity index (χ2v) is 14.0. The molecule has 0 aliphatic heterocycles. The maximum Gasteiger partial charge on any atom is 0.0613 e. The standard InChI is InChI=1S/C26H28Si/c1-27(2,3)25(20-12-13-21-25)26(24-18-10-11-19-24,22-14-6-4-7-15-22)23-16-8-5-9-17-23/h4-21,24H,1-3H3. The Morgan fingerprint density at radius 1 is 0.667 bits per heavy atom. The zero-order valence-electron chi connectivity index (χ0n) is 16.5. The molecule has 0 unspecified atom stereocenters. The lowest BCUT2D eigenvalue weighted by Crippen LogP contribution is -2.55. The second kappa shape index (κ2) is 6.65. The van der Waals surface area contributed by atoms with Crippen LogP contribution in [0.25, 0.3) is 0 Å². The van der Waals surface area contributed by atoms with Gasteiger partial charge in [-0.25, -0.2) is 0 Å². The molecule has 1 heteroatoms. The van der Waals surface area contributed by atoms with Crippen LogP contribution >= 0.6 is 0 Å². The van der Waals surface area contributed by atoms with E-state index >= 15 is 0 Å². The van der Waals surface area contributed by atoms with Crippen LogP contribution in [0.3, 0.4) is 0 Å². The average molecular weight is 369 g/mol. The van der Waals surface area contributed by atoms with E-state index < -0.39 is 8.07 Å². The highest BCUT2D eigenvalue weighted by atomic mass is 28.3. The van der Waals surface area contributed by atoms with Gasteiger partial charge in [0.15, 0.2) is 0 Å². The van der Waals surface area contributed by atoms with Crippen LogP contribution in [0, 0.1) is 5.92 Å². The zero-order valence-corrected chi connectivity index (χ0v) is 17.5. The summed E-state index contributed by atoms with van der Waals surface area (Å²) in [4.78, 5) is 0. The predicted octanol–water partition coefficient (Wildman–Crippen LogP) is 6.92. The largest absolute Gasteiger partial charge is 0.0764 e. The van der Waals surface area contributed by atoms with Crippen molar-refractivity contribution in [1.82, 2.24) is 0 Å². The second-order valence-electron chi connectivity index (χ2n) is 8.67. The Morgan fingerprint density at radius 3 is 1.52 bits per heavy atom. The van der Waals surface area contributed by atoms with E-state index in [1.54, 1.807) is 0 Å². The maximum absolute atomic E-state index is 2.51. The molecule has 0 saturated heterocycles. The van der Waals surface area contributed by atoms with E-state index in [4.69, 9.17) is 0 Å². The summed E-state index contributed by atoms with van der Waals surface area (Å²) in [6.07, 6.45) is 18.7. The molecule has 0 heterocycles. The molecule has 0 saturated carbocycles. The molecule has 0 spiro atoms. The zero-order chi connectivity index (χ0) is 19.0. The summed E-state index contributed by atoms with van der Waals surface area (Å²) in [5, 5.41) is -0.00755. The minimum absolute atomic E-state index is 0.00755. The number of hydrogen-bond donors (Lipinski definition) is 0. The fourth-order valence-corrected chi connectivity index (χ4v) is 8.08. The van der Waals surface area contributed by atoms with Gasteiger partial charge in [-0.3, -0.25) is 0 Å². The average Bonchev–Trinajstić information content (AvgIpc) is 3.37. The monoisotopic (exact) mass is 368 g/mol. The van der Waals surface area contributed by atoms with Crippen molar-refractivity contribution in [3.8, 4) is 0 Å². The highest BCUT2D eigenvalue weighted by molar-refractivity contribution is 6.80. The minimum Gasteiger partial charge on any atom is -0.0764 e. The van der Waals surface area contributed by atoms with E-state index in [0.29, 0.717) is 5.92 Å². The van der Waals surface area contributed by atoms with E-state index in [2.05, 4.69) is 129 Å². The first-order chi connectivity index (χ1) is 13.0. The molecule has 2 aromatic rings. The van der Waals surface area contributed by atoms with Gasteiger partial charge in [0.1, 0.15) is 0 Å². The van der Waals surface area contributed by atoms with Gasteiger partial charge in [0.2, 0.25) is 0 Å². The molecule has 0 fully saturated rings. The molecule has 0 atom stereocenters. The van der Waals surface area contributed by atoms with Crippen LogP contribution in [0.5, 0.6) is 0 Å². The highest BCUT2D eigenvalue weighted by Gasteiger charge is 2.60. The summed E-state index contributed by atoms with van der Waals surface area (Å²) in [5.74, 6) is 0.321. The van der Waals surface area contributed by atoms with Gasteiger partial charge in [0.05, 0.1) is 8.07 Å². The Balaban J connectivity index is 2.15. The summed E-state index contributed by atoms with van der Waals surface area (Å²) in [7, 11) is -1.68. The van der Waals surface area contributed by atoms with Crippen LogP contribution in [0.4, 0.5) is 0 Å². The highest BCUT2D eigenvalue weighted by Crippen LogP contribution is 2.65. The molecule has 4 rings (SSSR count). The Morgan fingerprint density at radius 2 is 1.11 bits per heavy atom. The third kappa shape index (κ3) is 2.56. The number of hydrogen-bond acceptors (Lipinski definition) is 0. The fourth-order valence-electron chi connectivity index (χ4n) is 5.25. The van der Waals surface area contributed by atoms with Gasteiger partial charge < -0.3 is 0 Å². The number of allylic oxidation sites excluding steroid dienone is 8. The molecule has 2 aliphatic carbocycles. The molecule has 0 nitrogen and oxygen atoms in total. The predicted molar refractivity (Wildman–Crippen MR) is 120 cm³/mol. The lowest BCUT2D eigenvalue weighted by Gasteiger charge is -2.56. The van der Waals surface area contributed by atoms with Crippen LogP contribution < -0.4 is 0 Å². The van der Waals surface area contributed by atoms with Crippen molar-refractivity contribution in [3.63, 3.8) is 0 Å². The third-order valence-electron chi connectivity index (χ3n) is 6.43. The smallest absolute Gasteiger partial charge is 0.0613 e. The van der Waals surface area contributed by atoms with Crippen molar-refractivity contribution >= 4 is 8.07 Å². The number of benzene rings is 2. The van der Waals surface area contributed by atoms with Crippen molar-refractivity contribution in [2.45, 2.75) is 30.1 Å². The van der Waals surface area contributed by atoms with Crippen LogP contribution in [0.15, 0.2) is 109 Å². The van der Waals surface area contributed by atoms with Crippen molar-refractivity contribution in [2.75, 3.05) is 0 Å². The van der Waals surface area contributed by atoms with Crippen molar-refractivity contribution < 1.29 is 0 Å². The van der Waals surface area contributed by atoms with Crippen molar-refractivity contribution in [2.24, 2.45) is 5.92 Å². The van der Waals surface area contributed by atoms with Gasteiger partial charge in [-0.2, -0.15) is 0 Å². The molecule has 0 aromatic heterocycles. The Labute approximate surface area is 164 Å². The van der Waals surface area contributed by atoms with E-state index in [0.717, 1.165) is 0 Å². The third-order valence-corrected chi connectivity index (χ3v) is 9.64. The van der Waals surface area contributed by atoms with Crippen molar-refractivity contribution in [3.05, 3.63) is 120 Å². The van der Waals surface area contributed by atoms with E-state index in [9.17, 15) is 0 Å². The molecular weight excluding hydrogens is 340 g/mol. The molecule has 0 N–H and O–H groups in total. The fraction of sp³-hybridized carbons (Fsp3) is 0.231. The SMILES string of the molecule is C[Si](C)(C)C1(C(c2ccccc2)(c2ccccc2)C2C=CC=C2)C=CC=C1. The first-order valence-corrected chi connectivity index (χ1v) is 13.4. The summed E-state index contributed by atoms with van der Waals surface area (Å²) in [5.41, 5.74) is 2.64. The van der Waals surface area contributed by atoms with E-state index in [1.807, 2.05) is 0 Å². The van der Waals surface area contributed by atoms with Gasteiger partial charge >= 0.3 is 0 Å². The lowest BCUT2D eigenvalue weighted by molar-refractivity contribution is 0.383. The molecule has 2 aliphatic rings. The van der Waals surface area contributed by atoms with Gasteiger partial charge in [-0.1, -0.05) is 129 Å². The first kappa shape index (κ1) is 18.0. The first-order valence-electron chi connectivity index (χ1n) is 9.85. The minimum atomic E-state index is -1.68. The summed E-state index contributed by atoms with van der Waals surface area (Å²) >= 11 is 0. The lowest BCUT2D eigenvalue weighted by atomic mass is 9.58. The molecular formula is C26H28Si. The summed E-state index contributed by atoms with van der Waals surface area (Å²) in [6.45, 7) is 7.53. The number of rotatable bonds is 5. The normalized spacial score (nSPS) is 18.5. The van der Waals surface area contributed by atoms with Gasteiger partial charge in [-0.15, -0.1) is 0 Å². The summed E-state index contributed by atoms with van der Waals surface area (Å²) in [6, 6.07) is 22.3. The molecule has 2 aromatic carbocycles. The van der Waals surface area contributed by atoms with Crippen LogP contribution in [-0.2, 0) is 5.41 Å².